The minimum Gasteiger partial charge on any atom is -0.497 e. The smallest absolute Gasteiger partial charge is 0.262 e. The Balaban J connectivity index is 1.41. The van der Waals surface area contributed by atoms with Crippen LogP contribution in [0.2, 0.25) is 0 Å². The lowest BCUT2D eigenvalue weighted by Crippen LogP contribution is -2.42. The number of ether oxygens (including phenoxy) is 2. The number of anilines is 2. The molecule has 0 bridgehead atoms. The molecule has 0 aliphatic carbocycles. The van der Waals surface area contributed by atoms with E-state index in [-0.39, 0.29) is 12.4 Å². The maximum Gasteiger partial charge on any atom is 0.262 e. The molecule has 1 fully saturated rings. The summed E-state index contributed by atoms with van der Waals surface area (Å²) in [6, 6.07) is 10.3. The number of piperidine rings is 1. The number of fused-ring (bicyclic) bond motifs is 1. The Hall–Kier alpha value is -3.46. The molecule has 0 spiro atoms. The number of rotatable bonds is 7. The van der Waals surface area contributed by atoms with E-state index < -0.39 is 11.7 Å². The van der Waals surface area contributed by atoms with Crippen molar-refractivity contribution in [2.75, 3.05) is 51.1 Å². The second kappa shape index (κ2) is 10.2. The molecule has 2 aromatic carbocycles. The third-order valence-corrected chi connectivity index (χ3v) is 6.13. The zero-order valence-corrected chi connectivity index (χ0v) is 20.0. The molecular weight excluding hydrogens is 437 g/mol. The predicted octanol–water partition coefficient (Wildman–Crippen LogP) is 3.63. The highest BCUT2D eigenvalue weighted by Gasteiger charge is 2.23. The highest BCUT2D eigenvalue weighted by atomic mass is 19.1. The topological polar surface area (TPSA) is 79.8 Å². The number of aromatic nitrogens is 2. The molecular formula is C25H30FN5O3. The second-order valence-electron chi connectivity index (χ2n) is 8.66. The number of amides is 1. The van der Waals surface area contributed by atoms with Crippen LogP contribution in [0.4, 0.5) is 16.0 Å². The first-order chi connectivity index (χ1) is 16.3. The van der Waals surface area contributed by atoms with E-state index in [4.69, 9.17) is 19.4 Å². The number of benzene rings is 2. The van der Waals surface area contributed by atoms with Crippen molar-refractivity contribution < 1.29 is 18.7 Å². The number of nitrogens with one attached hydrogen (secondary N) is 1. The fourth-order valence-corrected chi connectivity index (χ4v) is 4.13. The van der Waals surface area contributed by atoms with Gasteiger partial charge in [-0.15, -0.1) is 0 Å². The number of nitrogens with zero attached hydrogens (tertiary/aromatic N) is 4. The maximum absolute atomic E-state index is 14.0. The van der Waals surface area contributed by atoms with Gasteiger partial charge in [0.05, 0.1) is 18.3 Å². The quantitative estimate of drug-likeness (QED) is 0.568. The third-order valence-electron chi connectivity index (χ3n) is 6.13. The van der Waals surface area contributed by atoms with E-state index in [1.807, 2.05) is 19.1 Å². The third kappa shape index (κ3) is 5.36. The molecule has 0 unspecified atom stereocenters. The number of hydrogen-bond acceptors (Lipinski definition) is 7. The summed E-state index contributed by atoms with van der Waals surface area (Å²) in [5, 5.41) is 3.65. The number of halogens is 1. The van der Waals surface area contributed by atoms with Crippen molar-refractivity contribution in [2.45, 2.75) is 25.8 Å². The summed E-state index contributed by atoms with van der Waals surface area (Å²) < 4.78 is 24.3. The van der Waals surface area contributed by atoms with Crippen LogP contribution in [0.1, 0.15) is 18.5 Å². The average Bonchev–Trinajstić information content (AvgIpc) is 2.83. The Bertz CT molecular complexity index is 1180. The molecule has 1 aromatic heterocycles. The van der Waals surface area contributed by atoms with Crippen LogP contribution >= 0.6 is 0 Å². The molecule has 8 nitrogen and oxygen atoms in total. The van der Waals surface area contributed by atoms with Crippen molar-refractivity contribution in [3.05, 3.63) is 47.9 Å². The van der Waals surface area contributed by atoms with E-state index in [2.05, 4.69) is 29.2 Å². The van der Waals surface area contributed by atoms with Gasteiger partial charge < -0.3 is 24.6 Å². The van der Waals surface area contributed by atoms with Crippen LogP contribution in [0.15, 0.2) is 36.4 Å². The van der Waals surface area contributed by atoms with Crippen LogP contribution < -0.4 is 19.7 Å². The van der Waals surface area contributed by atoms with Crippen molar-refractivity contribution in [3.63, 3.8) is 0 Å². The SMILES string of the molecule is COc1ccc(OCC(=O)Nc2ccc3nc(N4CCC(N(C)C)CC4)nc(C)c3c2)c(F)c1. The normalized spacial score (nSPS) is 14.5. The van der Waals surface area contributed by atoms with E-state index >= 15 is 0 Å². The van der Waals surface area contributed by atoms with Crippen LogP contribution in [0.3, 0.4) is 0 Å². The lowest BCUT2D eigenvalue weighted by Gasteiger charge is -2.35. The molecule has 4 rings (SSSR count). The molecule has 1 amide bonds. The van der Waals surface area contributed by atoms with Crippen molar-refractivity contribution in [1.82, 2.24) is 14.9 Å². The maximum atomic E-state index is 14.0. The summed E-state index contributed by atoms with van der Waals surface area (Å²) in [5.74, 6) is 0.125. The molecule has 180 valence electrons. The van der Waals surface area contributed by atoms with Crippen LogP contribution in [0, 0.1) is 12.7 Å². The van der Waals surface area contributed by atoms with Crippen molar-refractivity contribution in [1.29, 1.82) is 0 Å². The van der Waals surface area contributed by atoms with Crippen molar-refractivity contribution in [3.8, 4) is 11.5 Å². The summed E-state index contributed by atoms with van der Waals surface area (Å²) in [7, 11) is 5.70. The van der Waals surface area contributed by atoms with Crippen molar-refractivity contribution in [2.24, 2.45) is 0 Å². The summed E-state index contributed by atoms with van der Waals surface area (Å²) in [6.45, 7) is 3.48. The summed E-state index contributed by atoms with van der Waals surface area (Å²) in [5.41, 5.74) is 2.27. The Morgan fingerprint density at radius 3 is 2.62 bits per heavy atom. The summed E-state index contributed by atoms with van der Waals surface area (Å²) in [4.78, 5) is 26.3. The Labute approximate surface area is 198 Å². The van der Waals surface area contributed by atoms with Crippen LogP contribution in [-0.2, 0) is 4.79 Å². The van der Waals surface area contributed by atoms with Gasteiger partial charge in [-0.05, 0) is 64.2 Å². The minimum absolute atomic E-state index is 0.0131. The highest BCUT2D eigenvalue weighted by molar-refractivity contribution is 5.95. The van der Waals surface area contributed by atoms with E-state index in [0.717, 1.165) is 48.5 Å². The minimum atomic E-state index is -0.590. The fraction of sp³-hybridized carbons (Fsp3) is 0.400. The molecule has 1 aliphatic heterocycles. The van der Waals surface area contributed by atoms with Gasteiger partial charge in [0.15, 0.2) is 18.2 Å². The first-order valence-electron chi connectivity index (χ1n) is 11.3. The Morgan fingerprint density at radius 2 is 1.94 bits per heavy atom. The molecule has 0 saturated carbocycles. The molecule has 34 heavy (non-hydrogen) atoms. The van der Waals surface area contributed by atoms with Crippen molar-refractivity contribution >= 4 is 28.4 Å². The number of methoxy groups -OCH3 is 1. The van der Waals surface area contributed by atoms with Crippen LogP contribution in [0.5, 0.6) is 11.5 Å². The Morgan fingerprint density at radius 1 is 1.18 bits per heavy atom. The van der Waals surface area contributed by atoms with E-state index in [0.29, 0.717) is 17.5 Å². The predicted molar refractivity (Wildman–Crippen MR) is 130 cm³/mol. The van der Waals surface area contributed by atoms with Gasteiger partial charge in [0.25, 0.3) is 5.91 Å². The molecule has 0 radical (unpaired) electrons. The van der Waals surface area contributed by atoms with Gasteiger partial charge in [-0.3, -0.25) is 4.79 Å². The average molecular weight is 468 g/mol. The summed E-state index contributed by atoms with van der Waals surface area (Å²) in [6.07, 6.45) is 2.17. The standard InChI is InChI=1S/C25H30FN5O3/c1-16-20-13-17(28-24(32)15-34-23-8-6-19(33-4)14-21(23)26)5-7-22(20)29-25(27-16)31-11-9-18(10-12-31)30(2)3/h5-8,13-14,18H,9-12,15H2,1-4H3,(H,28,32). The largest absolute Gasteiger partial charge is 0.497 e. The van der Waals surface area contributed by atoms with Gasteiger partial charge in [-0.2, -0.15) is 0 Å². The Kier molecular flexibility index (Phi) is 7.12. The molecule has 1 aliphatic rings. The molecule has 2 heterocycles. The monoisotopic (exact) mass is 467 g/mol. The fourth-order valence-electron chi connectivity index (χ4n) is 4.13. The van der Waals surface area contributed by atoms with Gasteiger partial charge in [-0.25, -0.2) is 14.4 Å². The van der Waals surface area contributed by atoms with Gasteiger partial charge in [0.2, 0.25) is 5.95 Å². The number of carbonyl (C=O) groups excluding carboxylic acids is 1. The zero-order valence-electron chi connectivity index (χ0n) is 20.0. The lowest BCUT2D eigenvalue weighted by molar-refractivity contribution is -0.118. The molecule has 1 N–H and O–H groups in total. The van der Waals surface area contributed by atoms with Crippen LogP contribution in [-0.4, -0.2) is 67.7 Å². The van der Waals surface area contributed by atoms with Crippen LogP contribution in [0.25, 0.3) is 10.9 Å². The first-order valence-corrected chi connectivity index (χ1v) is 11.3. The number of aryl methyl sites for hydroxylation is 1. The van der Waals surface area contributed by atoms with E-state index in [9.17, 15) is 9.18 Å². The van der Waals surface area contributed by atoms with Gasteiger partial charge in [0, 0.05) is 36.3 Å². The van der Waals surface area contributed by atoms with E-state index in [1.54, 1.807) is 12.1 Å². The van der Waals surface area contributed by atoms with Gasteiger partial charge >= 0.3 is 0 Å². The highest BCUT2D eigenvalue weighted by Crippen LogP contribution is 2.26. The van der Waals surface area contributed by atoms with Gasteiger partial charge in [-0.1, -0.05) is 0 Å². The molecule has 1 saturated heterocycles. The van der Waals surface area contributed by atoms with Gasteiger partial charge in [0.1, 0.15) is 5.75 Å². The lowest BCUT2D eigenvalue weighted by atomic mass is 10.0. The second-order valence-corrected chi connectivity index (χ2v) is 8.66. The van der Waals surface area contributed by atoms with E-state index in [1.165, 1.54) is 19.2 Å². The first kappa shape index (κ1) is 23.7. The zero-order chi connectivity index (χ0) is 24.2. The molecule has 0 atom stereocenters. The molecule has 9 heteroatoms. The number of carbonyl (C=O) groups is 1. The molecule has 3 aromatic rings. The summed E-state index contributed by atoms with van der Waals surface area (Å²) >= 11 is 0. The number of hydrogen-bond donors (Lipinski definition) is 1.